The predicted octanol–water partition coefficient (Wildman–Crippen LogP) is 2.48. The first-order chi connectivity index (χ1) is 7.13. The van der Waals surface area contributed by atoms with Gasteiger partial charge < -0.3 is 0 Å². The zero-order chi connectivity index (χ0) is 10.9. The van der Waals surface area contributed by atoms with Gasteiger partial charge in [-0.2, -0.15) is 0 Å². The van der Waals surface area contributed by atoms with Crippen molar-refractivity contribution < 1.29 is 8.42 Å². The van der Waals surface area contributed by atoms with Gasteiger partial charge in [-0.1, -0.05) is 43.3 Å². The van der Waals surface area contributed by atoms with Crippen LogP contribution in [0.5, 0.6) is 0 Å². The SMILES string of the molecule is CCC1C=C(c2ccccc2)S(=O)(=O)C1. The first-order valence-electron chi connectivity index (χ1n) is 5.13. The van der Waals surface area contributed by atoms with Crippen LogP contribution >= 0.6 is 0 Å². The lowest BCUT2D eigenvalue weighted by atomic mass is 10.1. The molecule has 0 aromatic heterocycles. The maximum absolute atomic E-state index is 11.9. The molecule has 2 rings (SSSR count). The Kier molecular flexibility index (Phi) is 2.65. The molecule has 0 spiro atoms. The topological polar surface area (TPSA) is 34.1 Å². The molecule has 0 radical (unpaired) electrons. The molecule has 0 saturated heterocycles. The fourth-order valence-corrected chi connectivity index (χ4v) is 3.82. The minimum absolute atomic E-state index is 0.185. The van der Waals surface area contributed by atoms with Crippen molar-refractivity contribution in [1.29, 1.82) is 0 Å². The summed E-state index contributed by atoms with van der Waals surface area (Å²) < 4.78 is 23.7. The normalized spacial score (nSPS) is 23.8. The third-order valence-electron chi connectivity index (χ3n) is 2.74. The van der Waals surface area contributed by atoms with E-state index in [0.29, 0.717) is 4.91 Å². The van der Waals surface area contributed by atoms with Crippen LogP contribution in [-0.4, -0.2) is 14.2 Å². The van der Waals surface area contributed by atoms with Crippen LogP contribution in [0.3, 0.4) is 0 Å². The van der Waals surface area contributed by atoms with Crippen LogP contribution in [0.1, 0.15) is 18.9 Å². The average Bonchev–Trinajstić information content (AvgIpc) is 2.55. The summed E-state index contributed by atoms with van der Waals surface area (Å²) in [6.07, 6.45) is 2.78. The first-order valence-corrected chi connectivity index (χ1v) is 6.78. The minimum atomic E-state index is -3.04. The molecule has 1 atom stereocenters. The molecule has 80 valence electrons. The standard InChI is InChI=1S/C12H14O2S/c1-2-10-8-12(15(13,14)9-10)11-6-4-3-5-7-11/h3-8,10H,2,9H2,1H3. The van der Waals surface area contributed by atoms with Gasteiger partial charge in [-0.05, 0) is 17.9 Å². The highest BCUT2D eigenvalue weighted by Gasteiger charge is 2.29. The maximum atomic E-state index is 11.9. The van der Waals surface area contributed by atoms with Crippen LogP contribution in [0.2, 0.25) is 0 Å². The fourth-order valence-electron chi connectivity index (χ4n) is 1.85. The monoisotopic (exact) mass is 222 g/mol. The summed E-state index contributed by atoms with van der Waals surface area (Å²) >= 11 is 0. The number of hydrogen-bond donors (Lipinski definition) is 0. The summed E-state index contributed by atoms with van der Waals surface area (Å²) in [7, 11) is -3.04. The van der Waals surface area contributed by atoms with Crippen molar-refractivity contribution in [3.63, 3.8) is 0 Å². The van der Waals surface area contributed by atoms with E-state index in [1.54, 1.807) is 0 Å². The molecule has 1 aromatic carbocycles. The van der Waals surface area contributed by atoms with E-state index in [4.69, 9.17) is 0 Å². The molecule has 2 nitrogen and oxygen atoms in total. The Bertz CT molecular complexity index is 472. The summed E-state index contributed by atoms with van der Waals surface area (Å²) in [5.74, 6) is 0.457. The summed E-state index contributed by atoms with van der Waals surface area (Å²) in [5.41, 5.74) is 0.813. The second-order valence-electron chi connectivity index (χ2n) is 3.85. The van der Waals surface area contributed by atoms with Crippen molar-refractivity contribution >= 4 is 14.7 Å². The molecule has 0 bridgehead atoms. The van der Waals surface area contributed by atoms with E-state index in [-0.39, 0.29) is 11.7 Å². The van der Waals surface area contributed by atoms with Crippen LogP contribution < -0.4 is 0 Å². The van der Waals surface area contributed by atoms with E-state index in [2.05, 4.69) is 0 Å². The highest BCUT2D eigenvalue weighted by molar-refractivity contribution is 8.00. The quantitative estimate of drug-likeness (QED) is 0.770. The average molecular weight is 222 g/mol. The molecular weight excluding hydrogens is 208 g/mol. The maximum Gasteiger partial charge on any atom is 0.179 e. The number of rotatable bonds is 2. The molecule has 3 heteroatoms. The van der Waals surface area contributed by atoms with Crippen molar-refractivity contribution in [1.82, 2.24) is 0 Å². The highest BCUT2D eigenvalue weighted by atomic mass is 32.2. The lowest BCUT2D eigenvalue weighted by Gasteiger charge is -2.01. The van der Waals surface area contributed by atoms with Gasteiger partial charge in [-0.3, -0.25) is 0 Å². The Morgan fingerprint density at radius 2 is 1.93 bits per heavy atom. The van der Waals surface area contributed by atoms with Gasteiger partial charge in [0.05, 0.1) is 10.7 Å². The number of sulfone groups is 1. The molecule has 0 saturated carbocycles. The van der Waals surface area contributed by atoms with Crippen LogP contribution in [-0.2, 0) is 9.84 Å². The van der Waals surface area contributed by atoms with Crippen molar-refractivity contribution in [3.05, 3.63) is 42.0 Å². The van der Waals surface area contributed by atoms with E-state index >= 15 is 0 Å². The Balaban J connectivity index is 2.45. The summed E-state index contributed by atoms with van der Waals surface area (Å²) in [5, 5.41) is 0. The van der Waals surface area contributed by atoms with Crippen LogP contribution in [0.25, 0.3) is 4.91 Å². The third-order valence-corrected chi connectivity index (χ3v) is 4.65. The van der Waals surface area contributed by atoms with Crippen molar-refractivity contribution in [3.8, 4) is 0 Å². The van der Waals surface area contributed by atoms with Crippen molar-refractivity contribution in [2.75, 3.05) is 5.75 Å². The first kappa shape index (κ1) is 10.4. The van der Waals surface area contributed by atoms with E-state index in [0.717, 1.165) is 12.0 Å². The zero-order valence-electron chi connectivity index (χ0n) is 8.68. The van der Waals surface area contributed by atoms with E-state index in [1.165, 1.54) is 0 Å². The fraction of sp³-hybridized carbons (Fsp3) is 0.333. The second-order valence-corrected chi connectivity index (χ2v) is 5.85. The molecule has 1 aliphatic rings. The zero-order valence-corrected chi connectivity index (χ0v) is 9.50. The van der Waals surface area contributed by atoms with Crippen LogP contribution in [0.15, 0.2) is 36.4 Å². The molecule has 0 amide bonds. The molecule has 0 fully saturated rings. The summed E-state index contributed by atoms with van der Waals surface area (Å²) in [6.45, 7) is 2.02. The predicted molar refractivity (Wildman–Crippen MR) is 62.0 cm³/mol. The van der Waals surface area contributed by atoms with E-state index in [1.807, 2.05) is 43.3 Å². The van der Waals surface area contributed by atoms with Gasteiger partial charge in [0.15, 0.2) is 9.84 Å². The van der Waals surface area contributed by atoms with Gasteiger partial charge in [0.25, 0.3) is 0 Å². The van der Waals surface area contributed by atoms with Crippen molar-refractivity contribution in [2.45, 2.75) is 13.3 Å². The minimum Gasteiger partial charge on any atom is -0.224 e. The summed E-state index contributed by atoms with van der Waals surface area (Å²) in [6, 6.07) is 9.32. The van der Waals surface area contributed by atoms with Gasteiger partial charge in [-0.25, -0.2) is 8.42 Å². The largest absolute Gasteiger partial charge is 0.224 e. The van der Waals surface area contributed by atoms with Gasteiger partial charge in [-0.15, -0.1) is 0 Å². The Morgan fingerprint density at radius 1 is 1.27 bits per heavy atom. The smallest absolute Gasteiger partial charge is 0.179 e. The van der Waals surface area contributed by atoms with Gasteiger partial charge >= 0.3 is 0 Å². The van der Waals surface area contributed by atoms with Crippen LogP contribution in [0.4, 0.5) is 0 Å². The number of hydrogen-bond acceptors (Lipinski definition) is 2. The van der Waals surface area contributed by atoms with Gasteiger partial charge in [0.1, 0.15) is 0 Å². The van der Waals surface area contributed by atoms with Gasteiger partial charge in [0.2, 0.25) is 0 Å². The lowest BCUT2D eigenvalue weighted by Crippen LogP contribution is -2.06. The Hall–Kier alpha value is -1.09. The van der Waals surface area contributed by atoms with E-state index < -0.39 is 9.84 Å². The van der Waals surface area contributed by atoms with Crippen molar-refractivity contribution in [2.24, 2.45) is 5.92 Å². The summed E-state index contributed by atoms with van der Waals surface area (Å²) in [4.78, 5) is 0.509. The number of allylic oxidation sites excluding steroid dienone is 1. The van der Waals surface area contributed by atoms with Crippen LogP contribution in [0, 0.1) is 5.92 Å². The molecule has 0 aliphatic carbocycles. The Labute approximate surface area is 90.6 Å². The third kappa shape index (κ3) is 1.97. The number of benzene rings is 1. The molecule has 15 heavy (non-hydrogen) atoms. The molecule has 0 N–H and O–H groups in total. The molecular formula is C12H14O2S. The molecule has 1 aliphatic heterocycles. The molecule has 1 heterocycles. The van der Waals surface area contributed by atoms with Gasteiger partial charge in [0, 0.05) is 0 Å². The highest BCUT2D eigenvalue weighted by Crippen LogP contribution is 2.32. The Morgan fingerprint density at radius 3 is 2.47 bits per heavy atom. The second kappa shape index (κ2) is 3.81. The molecule has 1 aromatic rings. The lowest BCUT2D eigenvalue weighted by molar-refractivity contribution is 0.596. The molecule has 1 unspecified atom stereocenters. The van der Waals surface area contributed by atoms with E-state index in [9.17, 15) is 8.42 Å².